The van der Waals surface area contributed by atoms with Crippen LogP contribution in [0.5, 0.6) is 0 Å². The topological polar surface area (TPSA) is 41.8 Å². The molecule has 1 aromatic heterocycles. The first-order valence-electron chi connectivity index (χ1n) is 5.19. The van der Waals surface area contributed by atoms with E-state index in [1.165, 1.54) is 22.2 Å². The number of aryl methyl sites for hydroxylation is 2. The van der Waals surface area contributed by atoms with Crippen molar-refractivity contribution in [3.63, 3.8) is 0 Å². The lowest BCUT2D eigenvalue weighted by atomic mass is 10.1. The fraction of sp³-hybridized carbons (Fsp3) is 0.333. The largest absolute Gasteiger partial charge is 0.357 e. The standard InChI is InChI=1S/C12H15BrN2/c1-8-9(5-3-7-14)10-4-2-6-11(13)12(10)15-8/h2,4,6,15H,3,5,7,14H2,1H3. The maximum Gasteiger partial charge on any atom is 0.0603 e. The zero-order valence-electron chi connectivity index (χ0n) is 8.81. The number of nitrogens with one attached hydrogen (secondary N) is 1. The number of halogens is 1. The van der Waals surface area contributed by atoms with Crippen molar-refractivity contribution in [2.45, 2.75) is 19.8 Å². The lowest BCUT2D eigenvalue weighted by Gasteiger charge is -1.99. The molecule has 0 amide bonds. The smallest absolute Gasteiger partial charge is 0.0603 e. The predicted octanol–water partition coefficient (Wildman–Crippen LogP) is 3.13. The van der Waals surface area contributed by atoms with Crippen LogP contribution in [0.25, 0.3) is 10.9 Å². The third-order valence-corrected chi connectivity index (χ3v) is 3.40. The predicted molar refractivity (Wildman–Crippen MR) is 68.1 cm³/mol. The van der Waals surface area contributed by atoms with Gasteiger partial charge in [0, 0.05) is 15.6 Å². The Kier molecular flexibility index (Phi) is 3.12. The Morgan fingerprint density at radius 1 is 1.40 bits per heavy atom. The molecule has 0 atom stereocenters. The first-order valence-corrected chi connectivity index (χ1v) is 5.99. The van der Waals surface area contributed by atoms with Gasteiger partial charge in [-0.25, -0.2) is 0 Å². The number of H-pyrrole nitrogens is 1. The zero-order chi connectivity index (χ0) is 10.8. The first kappa shape index (κ1) is 10.7. The minimum Gasteiger partial charge on any atom is -0.357 e. The number of fused-ring (bicyclic) bond motifs is 1. The molecule has 1 heterocycles. The Morgan fingerprint density at radius 3 is 2.93 bits per heavy atom. The molecule has 0 radical (unpaired) electrons. The van der Waals surface area contributed by atoms with Gasteiger partial charge in [-0.1, -0.05) is 12.1 Å². The minimum absolute atomic E-state index is 0.750. The highest BCUT2D eigenvalue weighted by atomic mass is 79.9. The van der Waals surface area contributed by atoms with Crippen LogP contribution < -0.4 is 5.73 Å². The van der Waals surface area contributed by atoms with E-state index < -0.39 is 0 Å². The minimum atomic E-state index is 0.750. The van der Waals surface area contributed by atoms with Crippen molar-refractivity contribution < 1.29 is 0 Å². The number of hydrogen-bond donors (Lipinski definition) is 2. The second-order valence-electron chi connectivity index (χ2n) is 3.78. The lowest BCUT2D eigenvalue weighted by molar-refractivity contribution is 0.831. The zero-order valence-corrected chi connectivity index (χ0v) is 10.4. The molecule has 0 aliphatic rings. The van der Waals surface area contributed by atoms with Crippen LogP contribution in [-0.4, -0.2) is 11.5 Å². The Labute approximate surface area is 98.0 Å². The van der Waals surface area contributed by atoms with E-state index in [9.17, 15) is 0 Å². The van der Waals surface area contributed by atoms with E-state index >= 15 is 0 Å². The molecule has 0 saturated carbocycles. The Morgan fingerprint density at radius 2 is 2.20 bits per heavy atom. The van der Waals surface area contributed by atoms with Crippen LogP contribution >= 0.6 is 15.9 Å². The summed E-state index contributed by atoms with van der Waals surface area (Å²) in [6.45, 7) is 2.87. The van der Waals surface area contributed by atoms with E-state index in [0.29, 0.717) is 0 Å². The molecule has 0 unspecified atom stereocenters. The molecule has 80 valence electrons. The summed E-state index contributed by atoms with van der Waals surface area (Å²) >= 11 is 3.56. The molecule has 0 aliphatic carbocycles. The van der Waals surface area contributed by atoms with Gasteiger partial charge >= 0.3 is 0 Å². The van der Waals surface area contributed by atoms with Crippen LogP contribution in [0, 0.1) is 6.92 Å². The highest BCUT2D eigenvalue weighted by Crippen LogP contribution is 2.28. The monoisotopic (exact) mass is 266 g/mol. The quantitative estimate of drug-likeness (QED) is 0.881. The second kappa shape index (κ2) is 4.37. The molecule has 1 aromatic carbocycles. The van der Waals surface area contributed by atoms with Crippen LogP contribution in [0.1, 0.15) is 17.7 Å². The number of para-hydroxylation sites is 1. The van der Waals surface area contributed by atoms with Crippen molar-refractivity contribution in [1.29, 1.82) is 0 Å². The molecule has 3 N–H and O–H groups in total. The van der Waals surface area contributed by atoms with Crippen molar-refractivity contribution in [1.82, 2.24) is 4.98 Å². The van der Waals surface area contributed by atoms with Crippen molar-refractivity contribution in [3.8, 4) is 0 Å². The van der Waals surface area contributed by atoms with Gasteiger partial charge in [0.05, 0.1) is 5.52 Å². The van der Waals surface area contributed by atoms with Crippen molar-refractivity contribution >= 4 is 26.8 Å². The first-order chi connectivity index (χ1) is 7.24. The molecule has 2 aromatic rings. The van der Waals surface area contributed by atoms with Crippen LogP contribution in [-0.2, 0) is 6.42 Å². The second-order valence-corrected chi connectivity index (χ2v) is 4.64. The van der Waals surface area contributed by atoms with Gasteiger partial charge in [-0.2, -0.15) is 0 Å². The Balaban J connectivity index is 2.53. The number of aromatic amines is 1. The number of aromatic nitrogens is 1. The molecule has 0 bridgehead atoms. The lowest BCUT2D eigenvalue weighted by Crippen LogP contribution is -2.00. The molecular weight excluding hydrogens is 252 g/mol. The average Bonchev–Trinajstić information content (AvgIpc) is 2.54. The van der Waals surface area contributed by atoms with Gasteiger partial charge in [0.15, 0.2) is 0 Å². The van der Waals surface area contributed by atoms with Gasteiger partial charge in [-0.3, -0.25) is 0 Å². The van der Waals surface area contributed by atoms with Gasteiger partial charge in [-0.15, -0.1) is 0 Å². The SMILES string of the molecule is Cc1[nH]c2c(Br)cccc2c1CCCN. The maximum absolute atomic E-state index is 5.55. The fourth-order valence-corrected chi connectivity index (χ4v) is 2.43. The Bertz CT molecular complexity index is 474. The third-order valence-electron chi connectivity index (χ3n) is 2.73. The molecule has 2 rings (SSSR count). The van der Waals surface area contributed by atoms with E-state index in [0.717, 1.165) is 23.9 Å². The highest BCUT2D eigenvalue weighted by Gasteiger charge is 2.09. The molecule has 0 aliphatic heterocycles. The van der Waals surface area contributed by atoms with Crippen molar-refractivity contribution in [3.05, 3.63) is 33.9 Å². The molecule has 0 fully saturated rings. The van der Waals surface area contributed by atoms with Crippen molar-refractivity contribution in [2.24, 2.45) is 5.73 Å². The van der Waals surface area contributed by atoms with Crippen LogP contribution in [0.2, 0.25) is 0 Å². The van der Waals surface area contributed by atoms with Crippen LogP contribution in [0.15, 0.2) is 22.7 Å². The van der Waals surface area contributed by atoms with E-state index in [2.05, 4.69) is 46.0 Å². The van der Waals surface area contributed by atoms with E-state index in [1.54, 1.807) is 0 Å². The van der Waals surface area contributed by atoms with Gasteiger partial charge in [0.1, 0.15) is 0 Å². The summed E-state index contributed by atoms with van der Waals surface area (Å²) in [5, 5.41) is 1.32. The van der Waals surface area contributed by atoms with Crippen LogP contribution in [0.4, 0.5) is 0 Å². The summed E-state index contributed by atoms with van der Waals surface area (Å²) in [5.41, 5.74) is 9.40. The third kappa shape index (κ3) is 1.94. The summed E-state index contributed by atoms with van der Waals surface area (Å²) in [5.74, 6) is 0. The van der Waals surface area contributed by atoms with Crippen molar-refractivity contribution in [2.75, 3.05) is 6.54 Å². The van der Waals surface area contributed by atoms with E-state index in [4.69, 9.17) is 5.73 Å². The molecule has 0 spiro atoms. The summed E-state index contributed by atoms with van der Waals surface area (Å²) in [7, 11) is 0. The summed E-state index contributed by atoms with van der Waals surface area (Å²) < 4.78 is 1.13. The average molecular weight is 267 g/mol. The fourth-order valence-electron chi connectivity index (χ4n) is 1.97. The summed E-state index contributed by atoms with van der Waals surface area (Å²) in [6.07, 6.45) is 2.10. The van der Waals surface area contributed by atoms with Gasteiger partial charge < -0.3 is 10.7 Å². The van der Waals surface area contributed by atoms with Crippen LogP contribution in [0.3, 0.4) is 0 Å². The summed E-state index contributed by atoms with van der Waals surface area (Å²) in [4.78, 5) is 3.42. The molecule has 2 nitrogen and oxygen atoms in total. The van der Waals surface area contributed by atoms with Gasteiger partial charge in [0.25, 0.3) is 0 Å². The van der Waals surface area contributed by atoms with Gasteiger partial charge in [0.2, 0.25) is 0 Å². The number of hydrogen-bond acceptors (Lipinski definition) is 1. The maximum atomic E-state index is 5.55. The van der Waals surface area contributed by atoms with E-state index in [1.807, 2.05) is 0 Å². The highest BCUT2D eigenvalue weighted by molar-refractivity contribution is 9.10. The number of rotatable bonds is 3. The molecule has 3 heteroatoms. The van der Waals surface area contributed by atoms with E-state index in [-0.39, 0.29) is 0 Å². The molecular formula is C12H15BrN2. The molecule has 15 heavy (non-hydrogen) atoms. The summed E-state index contributed by atoms with van der Waals surface area (Å²) in [6, 6.07) is 6.30. The number of benzene rings is 1. The van der Waals surface area contributed by atoms with Gasteiger partial charge in [-0.05, 0) is 53.9 Å². The number of nitrogens with two attached hydrogens (primary N) is 1. The normalized spacial score (nSPS) is 11.1. The molecule has 0 saturated heterocycles. The Hall–Kier alpha value is -0.800.